The van der Waals surface area contributed by atoms with Crippen molar-refractivity contribution in [3.63, 3.8) is 0 Å². The number of hydrogen-bond donors (Lipinski definition) is 8. The summed E-state index contributed by atoms with van der Waals surface area (Å²) in [5.41, 5.74) is -2.74. The van der Waals surface area contributed by atoms with E-state index in [2.05, 4.69) is 4.67 Å². The molecule has 24 heavy (non-hydrogen) atoms. The predicted molar refractivity (Wildman–Crippen MR) is 72.1 cm³/mol. The summed E-state index contributed by atoms with van der Waals surface area (Å²) < 4.78 is 23.9. The van der Waals surface area contributed by atoms with Crippen molar-refractivity contribution >= 4 is 33.1 Å². The van der Waals surface area contributed by atoms with Gasteiger partial charge in [0.05, 0.1) is 12.8 Å². The van der Waals surface area contributed by atoms with Crippen molar-refractivity contribution < 1.29 is 68.6 Å². The third-order valence-electron chi connectivity index (χ3n) is 2.36. The normalized spacial score (nSPS) is 15.4. The fourth-order valence-electron chi connectivity index (χ4n) is 0.972. The molecule has 8 N–H and O–H groups in total. The van der Waals surface area contributed by atoms with Gasteiger partial charge in [-0.25, -0.2) is 10.1 Å². The SMILES string of the molecule is CC(P(=O)(O)O)P(=O)(O)OO.O=C(O)CC(O)(CC(=O)O)C(=O)O. The minimum absolute atomic E-state index is 0.803. The predicted octanol–water partition coefficient (Wildman–Crippen LogP) is -1.06. The average Bonchev–Trinajstić information content (AvgIpc) is 2.35. The lowest BCUT2D eigenvalue weighted by molar-refractivity contribution is -0.170. The zero-order valence-electron chi connectivity index (χ0n) is 11.9. The third-order valence-corrected chi connectivity index (χ3v) is 6.29. The Hall–Kier alpha value is -1.37. The van der Waals surface area contributed by atoms with Gasteiger partial charge in [-0.1, -0.05) is 0 Å². The van der Waals surface area contributed by atoms with Gasteiger partial charge in [-0.2, -0.15) is 4.67 Å². The molecular weight excluding hydrogens is 382 g/mol. The Labute approximate surface area is 133 Å². The number of hydrogen-bond acceptors (Lipinski definition) is 8. The zero-order valence-corrected chi connectivity index (χ0v) is 13.7. The molecule has 0 fully saturated rings. The number of aliphatic hydroxyl groups is 1. The summed E-state index contributed by atoms with van der Waals surface area (Å²) in [6.07, 6.45) is -2.29. The quantitative estimate of drug-likeness (QED) is 0.138. The van der Waals surface area contributed by atoms with Crippen LogP contribution in [0.5, 0.6) is 0 Å². The molecule has 0 saturated heterocycles. The van der Waals surface area contributed by atoms with Crippen molar-refractivity contribution in [2.24, 2.45) is 0 Å². The standard InChI is InChI=1S/C6H8O7.C2H8O7P2/c7-3(8)1-6(13,5(11)12)2-4(9)10;1-2(10(4,5)6)11(7,8)9-3/h13H,1-2H2,(H,7,8)(H,9,10)(H,11,12);2-3H,1H3,(H,7,8)(H2,4,5,6). The molecule has 0 heterocycles. The van der Waals surface area contributed by atoms with Crippen molar-refractivity contribution in [3.05, 3.63) is 0 Å². The van der Waals surface area contributed by atoms with Gasteiger partial charge in [-0.3, -0.25) is 18.7 Å². The minimum Gasteiger partial charge on any atom is -0.481 e. The monoisotopic (exact) mass is 398 g/mol. The smallest absolute Gasteiger partial charge is 0.369 e. The summed E-state index contributed by atoms with van der Waals surface area (Å²) in [4.78, 5) is 55.7. The molecule has 0 amide bonds. The Kier molecular flexibility index (Phi) is 9.54. The van der Waals surface area contributed by atoms with E-state index in [0.717, 1.165) is 6.92 Å². The largest absolute Gasteiger partial charge is 0.481 e. The Morgan fingerprint density at radius 3 is 1.46 bits per heavy atom. The molecule has 0 aliphatic carbocycles. The highest BCUT2D eigenvalue weighted by Gasteiger charge is 2.42. The van der Waals surface area contributed by atoms with E-state index in [9.17, 15) is 23.5 Å². The molecule has 16 heteroatoms. The zero-order chi connectivity index (χ0) is 19.9. The molecule has 0 spiro atoms. The van der Waals surface area contributed by atoms with Crippen molar-refractivity contribution in [1.82, 2.24) is 0 Å². The third kappa shape index (κ3) is 9.05. The first-order valence-electron chi connectivity index (χ1n) is 5.60. The minimum atomic E-state index is -4.69. The molecule has 0 aromatic rings. The second-order valence-corrected chi connectivity index (χ2v) is 8.77. The summed E-state index contributed by atoms with van der Waals surface area (Å²) in [5, 5.41) is 39.7. The van der Waals surface area contributed by atoms with Gasteiger partial charge in [-0.05, 0) is 6.92 Å². The molecule has 14 nitrogen and oxygen atoms in total. The summed E-state index contributed by atoms with van der Waals surface area (Å²) in [6.45, 7) is 0.803. The average molecular weight is 398 g/mol. The van der Waals surface area contributed by atoms with Gasteiger partial charge in [-0.15, -0.1) is 0 Å². The first-order valence-corrected chi connectivity index (χ1v) is 8.92. The van der Waals surface area contributed by atoms with Crippen LogP contribution in [0.2, 0.25) is 0 Å². The van der Waals surface area contributed by atoms with Gasteiger partial charge in [0.2, 0.25) is 0 Å². The maximum absolute atomic E-state index is 10.5. The van der Waals surface area contributed by atoms with Gasteiger partial charge >= 0.3 is 33.1 Å². The Bertz CT molecular complexity index is 547. The van der Waals surface area contributed by atoms with Gasteiger partial charge in [0.15, 0.2) is 11.0 Å². The number of aliphatic carboxylic acids is 3. The van der Waals surface area contributed by atoms with Crippen LogP contribution in [-0.4, -0.2) is 69.3 Å². The van der Waals surface area contributed by atoms with Crippen LogP contribution in [0.25, 0.3) is 0 Å². The van der Waals surface area contributed by atoms with Gasteiger partial charge in [0, 0.05) is 0 Å². The molecule has 2 atom stereocenters. The van der Waals surface area contributed by atoms with E-state index in [1.54, 1.807) is 0 Å². The molecule has 0 radical (unpaired) electrons. The highest BCUT2D eigenvalue weighted by Crippen LogP contribution is 2.61. The number of carbonyl (C=O) groups is 3. The van der Waals surface area contributed by atoms with E-state index in [1.165, 1.54) is 0 Å². The van der Waals surface area contributed by atoms with Crippen molar-refractivity contribution in [1.29, 1.82) is 0 Å². The molecule has 0 aromatic heterocycles. The maximum Gasteiger partial charge on any atom is 0.369 e. The van der Waals surface area contributed by atoms with Crippen LogP contribution in [0.4, 0.5) is 0 Å². The molecule has 0 rings (SSSR count). The molecular formula is C8H16O14P2. The number of carboxylic acids is 3. The first-order chi connectivity index (χ1) is 10.5. The van der Waals surface area contributed by atoms with E-state index in [4.69, 9.17) is 40.4 Å². The molecule has 0 saturated carbocycles. The second kappa shape index (κ2) is 9.20. The molecule has 0 bridgehead atoms. The Balaban J connectivity index is 0. The van der Waals surface area contributed by atoms with Crippen molar-refractivity contribution in [2.45, 2.75) is 30.8 Å². The van der Waals surface area contributed by atoms with Crippen LogP contribution >= 0.6 is 15.2 Å². The summed E-state index contributed by atoms with van der Waals surface area (Å²) in [5.74, 6) is -5.02. The number of carboxylic acid groups (broad SMARTS) is 3. The van der Waals surface area contributed by atoms with Gasteiger partial charge < -0.3 is 35.1 Å². The number of rotatable bonds is 8. The van der Waals surface area contributed by atoms with E-state index < -0.39 is 56.9 Å². The lowest BCUT2D eigenvalue weighted by atomic mass is 9.96. The van der Waals surface area contributed by atoms with Gasteiger partial charge in [0.1, 0.15) is 0 Å². The molecule has 0 aliphatic rings. The lowest BCUT2D eigenvalue weighted by Gasteiger charge is -2.18. The van der Waals surface area contributed by atoms with Crippen LogP contribution in [0.3, 0.4) is 0 Å². The van der Waals surface area contributed by atoms with Crippen LogP contribution in [0.15, 0.2) is 0 Å². The van der Waals surface area contributed by atoms with Crippen molar-refractivity contribution in [2.75, 3.05) is 0 Å². The maximum atomic E-state index is 10.5. The molecule has 2 unspecified atom stereocenters. The summed E-state index contributed by atoms with van der Waals surface area (Å²) in [6, 6.07) is 0. The topological polar surface area (TPSA) is 256 Å². The van der Waals surface area contributed by atoms with E-state index >= 15 is 0 Å². The van der Waals surface area contributed by atoms with Gasteiger partial charge in [0.25, 0.3) is 0 Å². The molecule has 0 aliphatic heterocycles. The fourth-order valence-corrected chi connectivity index (χ4v) is 2.76. The lowest BCUT2D eigenvalue weighted by Crippen LogP contribution is -2.42. The van der Waals surface area contributed by atoms with Crippen molar-refractivity contribution in [3.8, 4) is 0 Å². The Morgan fingerprint density at radius 1 is 1.00 bits per heavy atom. The Morgan fingerprint density at radius 2 is 1.33 bits per heavy atom. The van der Waals surface area contributed by atoms with Crippen LogP contribution in [-0.2, 0) is 28.2 Å². The van der Waals surface area contributed by atoms with E-state index in [1.807, 2.05) is 0 Å². The fraction of sp³-hybridized carbons (Fsp3) is 0.625. The van der Waals surface area contributed by atoms with Crippen LogP contribution < -0.4 is 0 Å². The first kappa shape index (κ1) is 24.9. The highest BCUT2D eigenvalue weighted by atomic mass is 31.2. The molecule has 0 aromatic carbocycles. The summed E-state index contributed by atoms with van der Waals surface area (Å²) >= 11 is 0. The highest BCUT2D eigenvalue weighted by molar-refractivity contribution is 7.71. The second-order valence-electron chi connectivity index (χ2n) is 4.34. The summed E-state index contributed by atoms with van der Waals surface area (Å²) in [7, 11) is -9.29. The molecule has 142 valence electrons. The van der Waals surface area contributed by atoms with E-state index in [-0.39, 0.29) is 0 Å². The van der Waals surface area contributed by atoms with Crippen LogP contribution in [0.1, 0.15) is 19.8 Å². The van der Waals surface area contributed by atoms with Crippen LogP contribution in [0, 0.1) is 0 Å². The van der Waals surface area contributed by atoms with E-state index in [0.29, 0.717) is 0 Å².